The van der Waals surface area contributed by atoms with Gasteiger partial charge < -0.3 is 9.84 Å². The van der Waals surface area contributed by atoms with Crippen LogP contribution in [0.5, 0.6) is 5.75 Å². The van der Waals surface area contributed by atoms with E-state index in [4.69, 9.17) is 4.74 Å². The zero-order valence-electron chi connectivity index (χ0n) is 19.8. The number of methoxy groups -OCH3 is 1. The molecule has 0 spiro atoms. The zero-order valence-corrected chi connectivity index (χ0v) is 19.8. The predicted octanol–water partition coefficient (Wildman–Crippen LogP) is 6.09. The number of aliphatic hydroxyl groups excluding tert-OH is 1. The fourth-order valence-electron chi connectivity index (χ4n) is 4.76. The Morgan fingerprint density at radius 3 is 2.34 bits per heavy atom. The van der Waals surface area contributed by atoms with Crippen molar-refractivity contribution in [1.29, 1.82) is 0 Å². The van der Waals surface area contributed by atoms with E-state index in [0.717, 1.165) is 21.9 Å². The summed E-state index contributed by atoms with van der Waals surface area (Å²) in [6.07, 6.45) is 0. The van der Waals surface area contributed by atoms with Gasteiger partial charge in [-0.1, -0.05) is 66.7 Å². The van der Waals surface area contributed by atoms with Gasteiger partial charge >= 0.3 is 0 Å². The Morgan fingerprint density at radius 1 is 0.857 bits per heavy atom. The number of fused-ring (bicyclic) bond motifs is 1. The topological polar surface area (TPSA) is 66.8 Å². The van der Waals surface area contributed by atoms with Crippen LogP contribution in [0.3, 0.4) is 0 Å². The third kappa shape index (κ3) is 3.66. The van der Waals surface area contributed by atoms with Crippen LogP contribution in [0.15, 0.2) is 90.5 Å². The molecular weight excluding hydrogens is 438 g/mol. The van der Waals surface area contributed by atoms with Crippen LogP contribution in [0.25, 0.3) is 16.5 Å². The summed E-state index contributed by atoms with van der Waals surface area (Å²) in [5, 5.41) is 13.4. The lowest BCUT2D eigenvalue weighted by molar-refractivity contribution is -0.132. The van der Waals surface area contributed by atoms with Gasteiger partial charge in [0, 0.05) is 16.8 Å². The Morgan fingerprint density at radius 2 is 1.57 bits per heavy atom. The number of para-hydroxylation sites is 1. The lowest BCUT2D eigenvalue weighted by atomic mass is 9.93. The van der Waals surface area contributed by atoms with E-state index in [1.807, 2.05) is 86.6 Å². The number of carbonyl (C=O) groups excluding carboxylic acids is 2. The van der Waals surface area contributed by atoms with Crippen LogP contribution in [0.1, 0.15) is 28.3 Å². The number of aliphatic hydroxyl groups is 1. The highest BCUT2D eigenvalue weighted by Gasteiger charge is 2.48. The predicted molar refractivity (Wildman–Crippen MR) is 138 cm³/mol. The molecule has 0 saturated carbocycles. The zero-order chi connectivity index (χ0) is 24.7. The van der Waals surface area contributed by atoms with Gasteiger partial charge in [0.2, 0.25) is 0 Å². The molecule has 1 fully saturated rings. The van der Waals surface area contributed by atoms with Crippen molar-refractivity contribution in [2.24, 2.45) is 0 Å². The van der Waals surface area contributed by atoms with Crippen LogP contribution in [0.2, 0.25) is 0 Å². The number of amides is 1. The lowest BCUT2D eigenvalue weighted by Crippen LogP contribution is -2.30. The van der Waals surface area contributed by atoms with E-state index in [-0.39, 0.29) is 11.3 Å². The second-order valence-corrected chi connectivity index (χ2v) is 8.69. The molecule has 1 atom stereocenters. The molecule has 1 N–H and O–H groups in total. The van der Waals surface area contributed by atoms with E-state index in [1.54, 1.807) is 19.2 Å². The van der Waals surface area contributed by atoms with Crippen LogP contribution in [-0.4, -0.2) is 23.9 Å². The van der Waals surface area contributed by atoms with Gasteiger partial charge in [-0.25, -0.2) is 0 Å². The normalized spacial score (nSPS) is 17.2. The highest BCUT2D eigenvalue weighted by atomic mass is 16.5. The van der Waals surface area contributed by atoms with Crippen molar-refractivity contribution >= 4 is 33.9 Å². The van der Waals surface area contributed by atoms with Gasteiger partial charge in [-0.15, -0.1) is 0 Å². The molecule has 4 aromatic rings. The van der Waals surface area contributed by atoms with Crippen molar-refractivity contribution in [3.05, 3.63) is 113 Å². The number of ketones is 1. The van der Waals surface area contributed by atoms with E-state index < -0.39 is 17.7 Å². The summed E-state index contributed by atoms with van der Waals surface area (Å²) in [6, 6.07) is 25.3. The maximum Gasteiger partial charge on any atom is 0.300 e. The largest absolute Gasteiger partial charge is 0.507 e. The highest BCUT2D eigenvalue weighted by Crippen LogP contribution is 2.46. The average Bonchev–Trinajstić information content (AvgIpc) is 3.14. The number of benzene rings is 4. The molecule has 0 radical (unpaired) electrons. The van der Waals surface area contributed by atoms with Crippen LogP contribution in [0, 0.1) is 13.8 Å². The molecule has 1 aliphatic rings. The number of hydrogen-bond acceptors (Lipinski definition) is 4. The maximum absolute atomic E-state index is 13.5. The third-order valence-electron chi connectivity index (χ3n) is 6.74. The average molecular weight is 464 g/mol. The third-order valence-corrected chi connectivity index (χ3v) is 6.74. The van der Waals surface area contributed by atoms with E-state index in [0.29, 0.717) is 22.6 Å². The first kappa shape index (κ1) is 22.4. The number of hydrogen-bond donors (Lipinski definition) is 1. The van der Waals surface area contributed by atoms with Gasteiger partial charge in [-0.05, 0) is 53.9 Å². The maximum atomic E-state index is 13.5. The van der Waals surface area contributed by atoms with Crippen molar-refractivity contribution in [3.8, 4) is 5.75 Å². The summed E-state index contributed by atoms with van der Waals surface area (Å²) in [4.78, 5) is 28.5. The van der Waals surface area contributed by atoms with Gasteiger partial charge in [0.05, 0.1) is 18.7 Å². The van der Waals surface area contributed by atoms with E-state index in [2.05, 4.69) is 0 Å². The monoisotopic (exact) mass is 463 g/mol. The summed E-state index contributed by atoms with van der Waals surface area (Å²) in [7, 11) is 1.55. The van der Waals surface area contributed by atoms with Crippen molar-refractivity contribution < 1.29 is 19.4 Å². The van der Waals surface area contributed by atoms with Gasteiger partial charge in [0.25, 0.3) is 11.7 Å². The van der Waals surface area contributed by atoms with Gasteiger partial charge in [-0.3, -0.25) is 14.5 Å². The number of ether oxygens (including phenoxy) is 1. The first-order valence-corrected chi connectivity index (χ1v) is 11.4. The van der Waals surface area contributed by atoms with Crippen molar-refractivity contribution in [3.63, 3.8) is 0 Å². The van der Waals surface area contributed by atoms with Crippen LogP contribution in [0.4, 0.5) is 5.69 Å². The number of rotatable bonds is 4. The summed E-state index contributed by atoms with van der Waals surface area (Å²) >= 11 is 0. The minimum atomic E-state index is -0.849. The Bertz CT molecular complexity index is 1520. The highest BCUT2D eigenvalue weighted by molar-refractivity contribution is 6.51. The minimum absolute atomic E-state index is 0.0377. The Balaban J connectivity index is 1.79. The van der Waals surface area contributed by atoms with E-state index >= 15 is 0 Å². The fourth-order valence-corrected chi connectivity index (χ4v) is 4.76. The Kier molecular flexibility index (Phi) is 5.61. The first-order chi connectivity index (χ1) is 16.9. The molecule has 174 valence electrons. The molecule has 0 aromatic heterocycles. The number of aryl methyl sites for hydroxylation is 1. The van der Waals surface area contributed by atoms with Gasteiger partial charge in [-0.2, -0.15) is 0 Å². The minimum Gasteiger partial charge on any atom is -0.507 e. The molecule has 35 heavy (non-hydrogen) atoms. The number of carbonyl (C=O) groups is 2. The molecule has 4 aromatic carbocycles. The van der Waals surface area contributed by atoms with Crippen LogP contribution in [-0.2, 0) is 9.59 Å². The molecule has 1 saturated heterocycles. The van der Waals surface area contributed by atoms with Gasteiger partial charge in [0.1, 0.15) is 11.5 Å². The van der Waals surface area contributed by atoms with E-state index in [1.165, 1.54) is 4.90 Å². The summed E-state index contributed by atoms with van der Waals surface area (Å²) < 4.78 is 5.60. The summed E-state index contributed by atoms with van der Waals surface area (Å²) in [5.41, 5.74) is 3.65. The summed E-state index contributed by atoms with van der Waals surface area (Å²) in [5.74, 6) is -1.10. The standard InChI is InChI=1S/C30H25NO4/c1-18-9-8-13-24(19(18)2)31-27(23-12-6-7-14-25(23)35-3)26(29(33)30(31)34)28(32)22-16-15-20-10-4-5-11-21(20)17-22/h4-17,27,32H,1-3H3/b28-26+. The van der Waals surface area contributed by atoms with Crippen LogP contribution >= 0.6 is 0 Å². The van der Waals surface area contributed by atoms with Crippen molar-refractivity contribution in [1.82, 2.24) is 0 Å². The Hall–Kier alpha value is -4.38. The second-order valence-electron chi connectivity index (χ2n) is 8.69. The molecule has 0 aliphatic carbocycles. The molecule has 5 nitrogen and oxygen atoms in total. The molecule has 5 heteroatoms. The fraction of sp³-hybridized carbons (Fsp3) is 0.133. The molecule has 1 unspecified atom stereocenters. The molecule has 5 rings (SSSR count). The molecule has 1 heterocycles. The number of anilines is 1. The van der Waals surface area contributed by atoms with E-state index in [9.17, 15) is 14.7 Å². The second kappa shape index (κ2) is 8.76. The van der Waals surface area contributed by atoms with Crippen molar-refractivity contribution in [2.75, 3.05) is 12.0 Å². The van der Waals surface area contributed by atoms with Gasteiger partial charge in [0.15, 0.2) is 0 Å². The molecular formula is C30H25NO4. The molecule has 0 bridgehead atoms. The van der Waals surface area contributed by atoms with Crippen LogP contribution < -0.4 is 9.64 Å². The SMILES string of the molecule is COc1ccccc1C1/C(=C(\O)c2ccc3ccccc3c2)C(=O)C(=O)N1c1cccc(C)c1C. The Labute approximate surface area is 203 Å². The first-order valence-electron chi connectivity index (χ1n) is 11.4. The quantitative estimate of drug-likeness (QED) is 0.226. The molecule has 1 aliphatic heterocycles. The number of Topliss-reactive ketones (excluding diaryl/α,β-unsaturated/α-hetero) is 1. The number of nitrogens with zero attached hydrogens (tertiary/aromatic N) is 1. The van der Waals surface area contributed by atoms with Crippen molar-refractivity contribution in [2.45, 2.75) is 19.9 Å². The summed E-state index contributed by atoms with van der Waals surface area (Å²) in [6.45, 7) is 3.88. The lowest BCUT2D eigenvalue weighted by Gasteiger charge is -2.28. The smallest absolute Gasteiger partial charge is 0.300 e. The molecule has 1 amide bonds.